The van der Waals surface area contributed by atoms with Crippen molar-refractivity contribution in [1.82, 2.24) is 5.32 Å². The van der Waals surface area contributed by atoms with Gasteiger partial charge in [-0.1, -0.05) is 25.1 Å². The van der Waals surface area contributed by atoms with Crippen molar-refractivity contribution in [3.05, 3.63) is 47.5 Å². The zero-order chi connectivity index (χ0) is 11.8. The van der Waals surface area contributed by atoms with Crippen molar-refractivity contribution in [2.24, 2.45) is 0 Å². The predicted octanol–water partition coefficient (Wildman–Crippen LogP) is 3.06. The van der Waals surface area contributed by atoms with Gasteiger partial charge in [0.25, 0.3) is 0 Å². The molecule has 1 aromatic carbocycles. The van der Waals surface area contributed by atoms with Gasteiger partial charge in [0.15, 0.2) is 0 Å². The summed E-state index contributed by atoms with van der Waals surface area (Å²) in [6.45, 7) is 3.88. The first-order valence-corrected chi connectivity index (χ1v) is 5.54. The van der Waals surface area contributed by atoms with Crippen LogP contribution in [0.2, 0.25) is 0 Å². The zero-order valence-corrected chi connectivity index (χ0v) is 9.47. The molecule has 0 radical (unpaired) electrons. The first kappa shape index (κ1) is 12.8. The van der Waals surface area contributed by atoms with E-state index in [1.165, 1.54) is 18.2 Å². The highest BCUT2D eigenvalue weighted by Crippen LogP contribution is 2.12. The molecule has 0 bridgehead atoms. The van der Waals surface area contributed by atoms with E-state index >= 15 is 0 Å². The molecule has 0 spiro atoms. The summed E-state index contributed by atoms with van der Waals surface area (Å²) < 4.78 is 26.4. The van der Waals surface area contributed by atoms with Crippen molar-refractivity contribution in [2.45, 2.75) is 19.8 Å². The van der Waals surface area contributed by atoms with Crippen LogP contribution in [0.3, 0.4) is 0 Å². The molecule has 0 saturated heterocycles. The molecule has 0 fully saturated rings. The van der Waals surface area contributed by atoms with E-state index in [-0.39, 0.29) is 5.56 Å². The van der Waals surface area contributed by atoms with Gasteiger partial charge in [0.2, 0.25) is 0 Å². The maximum atomic E-state index is 13.2. The van der Waals surface area contributed by atoms with Crippen LogP contribution in [-0.2, 0) is 6.42 Å². The highest BCUT2D eigenvalue weighted by atomic mass is 19.1. The summed E-state index contributed by atoms with van der Waals surface area (Å²) in [4.78, 5) is 0. The summed E-state index contributed by atoms with van der Waals surface area (Å²) in [5, 5.41) is 3.17. The van der Waals surface area contributed by atoms with Gasteiger partial charge < -0.3 is 5.32 Å². The highest BCUT2D eigenvalue weighted by molar-refractivity contribution is 5.21. The second-order valence-corrected chi connectivity index (χ2v) is 3.52. The number of halogens is 2. The molecule has 0 aliphatic heterocycles. The average Bonchev–Trinajstić information content (AvgIpc) is 2.26. The largest absolute Gasteiger partial charge is 0.317 e. The van der Waals surface area contributed by atoms with Gasteiger partial charge in [0.1, 0.15) is 11.6 Å². The maximum absolute atomic E-state index is 13.2. The Morgan fingerprint density at radius 1 is 1.19 bits per heavy atom. The van der Waals surface area contributed by atoms with Gasteiger partial charge in [-0.25, -0.2) is 8.78 Å². The van der Waals surface area contributed by atoms with Crippen LogP contribution >= 0.6 is 0 Å². The summed E-state index contributed by atoms with van der Waals surface area (Å²) in [5.41, 5.74) is 0.141. The quantitative estimate of drug-likeness (QED) is 0.579. The summed E-state index contributed by atoms with van der Waals surface area (Å²) >= 11 is 0. The molecule has 0 heterocycles. The molecule has 1 rings (SSSR count). The summed E-state index contributed by atoms with van der Waals surface area (Å²) in [7, 11) is 0. The van der Waals surface area contributed by atoms with Crippen LogP contribution in [0.4, 0.5) is 8.78 Å². The minimum absolute atomic E-state index is 0.141. The van der Waals surface area contributed by atoms with E-state index in [4.69, 9.17) is 0 Å². The van der Waals surface area contributed by atoms with E-state index < -0.39 is 11.6 Å². The van der Waals surface area contributed by atoms with Crippen molar-refractivity contribution in [1.29, 1.82) is 0 Å². The maximum Gasteiger partial charge on any atom is 0.129 e. The molecule has 16 heavy (non-hydrogen) atoms. The van der Waals surface area contributed by atoms with Crippen LogP contribution < -0.4 is 5.32 Å². The molecule has 0 aliphatic carbocycles. The van der Waals surface area contributed by atoms with Crippen LogP contribution in [0, 0.1) is 11.6 Å². The van der Waals surface area contributed by atoms with Crippen LogP contribution in [0.1, 0.15) is 18.9 Å². The van der Waals surface area contributed by atoms with E-state index in [1.807, 2.05) is 13.0 Å². The third-order valence-electron chi connectivity index (χ3n) is 2.29. The van der Waals surface area contributed by atoms with E-state index in [1.54, 1.807) is 6.08 Å². The van der Waals surface area contributed by atoms with E-state index in [9.17, 15) is 8.78 Å². The van der Waals surface area contributed by atoms with Gasteiger partial charge in [-0.15, -0.1) is 0 Å². The standard InChI is InChI=1S/C13H17F2N/c1-2-16-10-5-3-4-7-11-12(14)8-6-9-13(11)15/h3-4,6,8-9,16H,2,5,7,10H2,1H3/b4-3+. The van der Waals surface area contributed by atoms with Crippen LogP contribution in [0.15, 0.2) is 30.4 Å². The summed E-state index contributed by atoms with van der Waals surface area (Å²) in [5.74, 6) is -0.951. The summed E-state index contributed by atoms with van der Waals surface area (Å²) in [6.07, 6.45) is 4.93. The number of nitrogens with one attached hydrogen (secondary N) is 1. The van der Waals surface area contributed by atoms with Crippen molar-refractivity contribution >= 4 is 0 Å². The molecular weight excluding hydrogens is 208 g/mol. The first-order chi connectivity index (χ1) is 7.75. The second-order valence-electron chi connectivity index (χ2n) is 3.52. The molecule has 0 saturated carbocycles. The average molecular weight is 225 g/mol. The Morgan fingerprint density at radius 2 is 1.88 bits per heavy atom. The number of hydrogen-bond donors (Lipinski definition) is 1. The van der Waals surface area contributed by atoms with Crippen molar-refractivity contribution < 1.29 is 8.78 Å². The third-order valence-corrected chi connectivity index (χ3v) is 2.29. The third kappa shape index (κ3) is 4.11. The fourth-order valence-corrected chi connectivity index (χ4v) is 1.41. The Balaban J connectivity index is 2.42. The Labute approximate surface area is 95.2 Å². The lowest BCUT2D eigenvalue weighted by molar-refractivity contribution is 0.562. The number of rotatable bonds is 6. The lowest BCUT2D eigenvalue weighted by Crippen LogP contribution is -2.12. The number of allylic oxidation sites excluding steroid dienone is 1. The smallest absolute Gasteiger partial charge is 0.129 e. The Kier molecular flexibility index (Phi) is 5.72. The zero-order valence-electron chi connectivity index (χ0n) is 9.47. The number of benzene rings is 1. The molecule has 1 N–H and O–H groups in total. The van der Waals surface area contributed by atoms with Crippen molar-refractivity contribution in [2.75, 3.05) is 13.1 Å². The summed E-state index contributed by atoms with van der Waals surface area (Å²) in [6, 6.07) is 3.94. The normalized spacial score (nSPS) is 11.2. The van der Waals surface area contributed by atoms with Gasteiger partial charge in [-0.2, -0.15) is 0 Å². The lowest BCUT2D eigenvalue weighted by Gasteiger charge is -2.00. The molecule has 0 aliphatic rings. The molecule has 0 aromatic heterocycles. The fraction of sp³-hybridized carbons (Fsp3) is 0.385. The van der Waals surface area contributed by atoms with Gasteiger partial charge in [0, 0.05) is 5.56 Å². The fourth-order valence-electron chi connectivity index (χ4n) is 1.41. The molecule has 0 atom stereocenters. The van der Waals surface area contributed by atoms with Gasteiger partial charge in [-0.05, 0) is 38.1 Å². The second kappa shape index (κ2) is 7.12. The predicted molar refractivity (Wildman–Crippen MR) is 62.4 cm³/mol. The minimum atomic E-state index is -0.476. The number of hydrogen-bond acceptors (Lipinski definition) is 1. The van der Waals surface area contributed by atoms with Crippen LogP contribution in [0.5, 0.6) is 0 Å². The Hall–Kier alpha value is -1.22. The van der Waals surface area contributed by atoms with Crippen molar-refractivity contribution in [3.63, 3.8) is 0 Å². The van der Waals surface area contributed by atoms with Gasteiger partial charge in [-0.3, -0.25) is 0 Å². The molecular formula is C13H17F2N. The van der Waals surface area contributed by atoms with E-state index in [2.05, 4.69) is 5.32 Å². The molecule has 88 valence electrons. The van der Waals surface area contributed by atoms with E-state index in [0.29, 0.717) is 6.42 Å². The topological polar surface area (TPSA) is 12.0 Å². The molecule has 0 amide bonds. The van der Waals surface area contributed by atoms with Crippen LogP contribution in [0.25, 0.3) is 0 Å². The van der Waals surface area contributed by atoms with Crippen LogP contribution in [-0.4, -0.2) is 13.1 Å². The lowest BCUT2D eigenvalue weighted by atomic mass is 10.1. The van der Waals surface area contributed by atoms with Gasteiger partial charge >= 0.3 is 0 Å². The highest BCUT2D eigenvalue weighted by Gasteiger charge is 2.05. The molecule has 0 unspecified atom stereocenters. The monoisotopic (exact) mass is 225 g/mol. The van der Waals surface area contributed by atoms with Crippen molar-refractivity contribution in [3.8, 4) is 0 Å². The molecule has 3 heteroatoms. The molecule has 1 aromatic rings. The SMILES string of the molecule is CCNCC/C=C/Cc1c(F)cccc1F. The first-order valence-electron chi connectivity index (χ1n) is 5.54. The van der Waals surface area contributed by atoms with Gasteiger partial charge in [0.05, 0.1) is 0 Å². The molecule has 1 nitrogen and oxygen atoms in total. The van der Waals surface area contributed by atoms with E-state index in [0.717, 1.165) is 19.5 Å². The Morgan fingerprint density at radius 3 is 2.50 bits per heavy atom. The Bertz CT molecular complexity index is 328. The minimum Gasteiger partial charge on any atom is -0.317 e.